The van der Waals surface area contributed by atoms with Gasteiger partial charge in [-0.2, -0.15) is 5.10 Å². The van der Waals surface area contributed by atoms with Gasteiger partial charge in [-0.1, -0.05) is 12.1 Å². The highest BCUT2D eigenvalue weighted by molar-refractivity contribution is 5.78. The molecular formula is C19H17FN4O2. The molecule has 1 N–H and O–H groups in total. The van der Waals surface area contributed by atoms with Crippen molar-refractivity contribution >= 4 is 11.2 Å². The van der Waals surface area contributed by atoms with E-state index < -0.39 is 0 Å². The summed E-state index contributed by atoms with van der Waals surface area (Å²) < 4.78 is 25.8. The third-order valence-corrected chi connectivity index (χ3v) is 4.17. The SMILES string of the molecule is COc1ccc(-c2nc3c(cnn3Cc3cccc(F)c3)[nH]2)c(OC)c1. The highest BCUT2D eigenvalue weighted by Crippen LogP contribution is 2.32. The van der Waals surface area contributed by atoms with Crippen LogP contribution in [0.25, 0.3) is 22.6 Å². The van der Waals surface area contributed by atoms with Gasteiger partial charge in [0.05, 0.1) is 32.5 Å². The second-order valence-electron chi connectivity index (χ2n) is 5.82. The Labute approximate surface area is 149 Å². The molecule has 0 spiro atoms. The summed E-state index contributed by atoms with van der Waals surface area (Å²) in [5.74, 6) is 1.77. The standard InChI is InChI=1S/C19H17FN4O2/c1-25-14-6-7-15(17(9-14)26-2)18-22-16-10-21-24(19(16)23-18)11-12-4-3-5-13(20)8-12/h3-10H,11H2,1-2H3,(H,22,23). The number of nitrogens with one attached hydrogen (secondary N) is 1. The minimum absolute atomic E-state index is 0.267. The van der Waals surface area contributed by atoms with Gasteiger partial charge < -0.3 is 14.5 Å². The van der Waals surface area contributed by atoms with Crippen molar-refractivity contribution in [3.8, 4) is 22.9 Å². The van der Waals surface area contributed by atoms with Crippen molar-refractivity contribution in [1.82, 2.24) is 19.7 Å². The molecular weight excluding hydrogens is 335 g/mol. The van der Waals surface area contributed by atoms with Crippen molar-refractivity contribution in [3.05, 3.63) is 60.0 Å². The van der Waals surface area contributed by atoms with Gasteiger partial charge in [-0.05, 0) is 29.8 Å². The van der Waals surface area contributed by atoms with Gasteiger partial charge in [0.1, 0.15) is 28.7 Å². The number of benzene rings is 2. The Kier molecular flexibility index (Phi) is 4.04. The van der Waals surface area contributed by atoms with E-state index in [0.717, 1.165) is 16.6 Å². The number of aromatic nitrogens is 4. The predicted octanol–water partition coefficient (Wildman–Crippen LogP) is 3.63. The zero-order valence-electron chi connectivity index (χ0n) is 14.4. The second-order valence-corrected chi connectivity index (χ2v) is 5.82. The zero-order chi connectivity index (χ0) is 18.1. The Balaban J connectivity index is 1.72. The summed E-state index contributed by atoms with van der Waals surface area (Å²) in [5.41, 5.74) is 3.14. The monoisotopic (exact) mass is 352 g/mol. The smallest absolute Gasteiger partial charge is 0.177 e. The Hall–Kier alpha value is -3.35. The molecule has 26 heavy (non-hydrogen) atoms. The van der Waals surface area contributed by atoms with Crippen molar-refractivity contribution in [2.45, 2.75) is 6.54 Å². The molecule has 0 radical (unpaired) electrons. The molecule has 0 saturated heterocycles. The molecule has 0 unspecified atom stereocenters. The first-order chi connectivity index (χ1) is 12.7. The van der Waals surface area contributed by atoms with E-state index in [-0.39, 0.29) is 5.82 Å². The van der Waals surface area contributed by atoms with E-state index in [0.29, 0.717) is 29.5 Å². The first-order valence-corrected chi connectivity index (χ1v) is 8.06. The summed E-state index contributed by atoms with van der Waals surface area (Å²) >= 11 is 0. The second kappa shape index (κ2) is 6.51. The van der Waals surface area contributed by atoms with Crippen LogP contribution in [-0.4, -0.2) is 34.0 Å². The van der Waals surface area contributed by atoms with Gasteiger partial charge in [0.25, 0.3) is 0 Å². The normalized spacial score (nSPS) is 11.0. The van der Waals surface area contributed by atoms with Crippen LogP contribution < -0.4 is 9.47 Å². The summed E-state index contributed by atoms with van der Waals surface area (Å²) in [6.45, 7) is 0.436. The number of nitrogens with zero attached hydrogens (tertiary/aromatic N) is 3. The van der Waals surface area contributed by atoms with E-state index in [2.05, 4.69) is 15.1 Å². The molecule has 6 nitrogen and oxygen atoms in total. The Bertz CT molecular complexity index is 1070. The maximum atomic E-state index is 13.4. The van der Waals surface area contributed by atoms with Gasteiger partial charge in [0, 0.05) is 6.07 Å². The van der Waals surface area contributed by atoms with Crippen LogP contribution in [-0.2, 0) is 6.54 Å². The molecule has 0 atom stereocenters. The molecule has 0 bridgehead atoms. The number of aromatic amines is 1. The van der Waals surface area contributed by atoms with Crippen LogP contribution in [0, 0.1) is 5.82 Å². The third kappa shape index (κ3) is 2.88. The van der Waals surface area contributed by atoms with Gasteiger partial charge in [0.2, 0.25) is 0 Å². The summed E-state index contributed by atoms with van der Waals surface area (Å²) in [4.78, 5) is 7.91. The molecule has 0 amide bonds. The number of methoxy groups -OCH3 is 2. The molecule has 2 heterocycles. The van der Waals surface area contributed by atoms with Gasteiger partial charge in [0.15, 0.2) is 5.65 Å². The zero-order valence-corrected chi connectivity index (χ0v) is 14.4. The minimum atomic E-state index is -0.267. The molecule has 4 aromatic rings. The topological polar surface area (TPSA) is 65.0 Å². The summed E-state index contributed by atoms with van der Waals surface area (Å²) in [6.07, 6.45) is 1.71. The Morgan fingerprint density at radius 3 is 2.77 bits per heavy atom. The van der Waals surface area contributed by atoms with Crippen LogP contribution in [0.15, 0.2) is 48.7 Å². The number of H-pyrrole nitrogens is 1. The van der Waals surface area contributed by atoms with Crippen molar-refractivity contribution in [2.24, 2.45) is 0 Å². The van der Waals surface area contributed by atoms with E-state index in [1.807, 2.05) is 24.3 Å². The summed E-state index contributed by atoms with van der Waals surface area (Å²) in [6, 6.07) is 12.0. The van der Waals surface area contributed by atoms with E-state index in [1.54, 1.807) is 31.2 Å². The van der Waals surface area contributed by atoms with Crippen LogP contribution in [0.5, 0.6) is 11.5 Å². The van der Waals surface area contributed by atoms with Crippen LogP contribution in [0.1, 0.15) is 5.56 Å². The quantitative estimate of drug-likeness (QED) is 0.596. The molecule has 0 fully saturated rings. The highest BCUT2D eigenvalue weighted by Gasteiger charge is 2.15. The Morgan fingerprint density at radius 2 is 2.00 bits per heavy atom. The first-order valence-electron chi connectivity index (χ1n) is 8.06. The molecule has 0 aliphatic heterocycles. The van der Waals surface area contributed by atoms with E-state index in [9.17, 15) is 4.39 Å². The molecule has 132 valence electrons. The maximum absolute atomic E-state index is 13.4. The van der Waals surface area contributed by atoms with Crippen LogP contribution in [0.3, 0.4) is 0 Å². The van der Waals surface area contributed by atoms with Gasteiger partial charge in [-0.3, -0.25) is 0 Å². The van der Waals surface area contributed by atoms with Crippen molar-refractivity contribution in [2.75, 3.05) is 14.2 Å². The fraction of sp³-hybridized carbons (Fsp3) is 0.158. The number of fused-ring (bicyclic) bond motifs is 1. The molecule has 4 rings (SSSR count). The lowest BCUT2D eigenvalue weighted by Crippen LogP contribution is -2.02. The van der Waals surface area contributed by atoms with Crippen molar-refractivity contribution in [1.29, 1.82) is 0 Å². The van der Waals surface area contributed by atoms with Crippen LogP contribution >= 0.6 is 0 Å². The van der Waals surface area contributed by atoms with Crippen molar-refractivity contribution in [3.63, 3.8) is 0 Å². The highest BCUT2D eigenvalue weighted by atomic mass is 19.1. The van der Waals surface area contributed by atoms with E-state index in [4.69, 9.17) is 9.47 Å². The molecule has 7 heteroatoms. The van der Waals surface area contributed by atoms with E-state index in [1.165, 1.54) is 12.1 Å². The number of imidazole rings is 1. The first kappa shape index (κ1) is 16.1. The lowest BCUT2D eigenvalue weighted by Gasteiger charge is -2.08. The number of halogens is 1. The largest absolute Gasteiger partial charge is 0.497 e. The average molecular weight is 352 g/mol. The summed E-state index contributed by atoms with van der Waals surface area (Å²) in [7, 11) is 3.21. The van der Waals surface area contributed by atoms with Crippen LogP contribution in [0.2, 0.25) is 0 Å². The lowest BCUT2D eigenvalue weighted by atomic mass is 10.2. The van der Waals surface area contributed by atoms with Gasteiger partial charge in [-0.15, -0.1) is 0 Å². The summed E-state index contributed by atoms with van der Waals surface area (Å²) in [5, 5.41) is 4.33. The van der Waals surface area contributed by atoms with E-state index >= 15 is 0 Å². The molecule has 0 saturated carbocycles. The number of hydrogen-bond donors (Lipinski definition) is 1. The molecule has 2 aromatic carbocycles. The minimum Gasteiger partial charge on any atom is -0.497 e. The fourth-order valence-electron chi connectivity index (χ4n) is 2.89. The Morgan fingerprint density at radius 1 is 1.12 bits per heavy atom. The van der Waals surface area contributed by atoms with Gasteiger partial charge in [-0.25, -0.2) is 14.1 Å². The number of hydrogen-bond acceptors (Lipinski definition) is 4. The number of ether oxygens (including phenoxy) is 2. The third-order valence-electron chi connectivity index (χ3n) is 4.17. The van der Waals surface area contributed by atoms with Crippen molar-refractivity contribution < 1.29 is 13.9 Å². The maximum Gasteiger partial charge on any atom is 0.177 e. The lowest BCUT2D eigenvalue weighted by molar-refractivity contribution is 0.395. The molecule has 2 aromatic heterocycles. The molecule has 0 aliphatic carbocycles. The average Bonchev–Trinajstić information content (AvgIpc) is 3.23. The fourth-order valence-corrected chi connectivity index (χ4v) is 2.89. The number of rotatable bonds is 5. The van der Waals surface area contributed by atoms with Crippen LogP contribution in [0.4, 0.5) is 4.39 Å². The predicted molar refractivity (Wildman–Crippen MR) is 95.9 cm³/mol. The van der Waals surface area contributed by atoms with Gasteiger partial charge >= 0.3 is 0 Å². The molecule has 0 aliphatic rings.